The SMILES string of the molecule is O=C(CCc1ccco1)NNC(=O)c1ccccc1F. The van der Waals surface area contributed by atoms with Gasteiger partial charge in [0.1, 0.15) is 11.6 Å². The van der Waals surface area contributed by atoms with Crippen LogP contribution in [-0.4, -0.2) is 11.8 Å². The van der Waals surface area contributed by atoms with E-state index in [-0.39, 0.29) is 17.9 Å². The first-order valence-corrected chi connectivity index (χ1v) is 6.03. The van der Waals surface area contributed by atoms with Crippen molar-refractivity contribution >= 4 is 11.8 Å². The maximum Gasteiger partial charge on any atom is 0.272 e. The normalized spacial score (nSPS) is 10.1. The van der Waals surface area contributed by atoms with Crippen LogP contribution in [0.4, 0.5) is 4.39 Å². The Morgan fingerprint density at radius 3 is 2.60 bits per heavy atom. The molecule has 104 valence electrons. The van der Waals surface area contributed by atoms with Crippen molar-refractivity contribution < 1.29 is 18.4 Å². The second-order valence-electron chi connectivity index (χ2n) is 4.06. The van der Waals surface area contributed by atoms with Crippen LogP contribution < -0.4 is 10.9 Å². The molecule has 6 heteroatoms. The lowest BCUT2D eigenvalue weighted by atomic mass is 10.2. The zero-order chi connectivity index (χ0) is 14.4. The highest BCUT2D eigenvalue weighted by Crippen LogP contribution is 2.05. The first kappa shape index (κ1) is 13.8. The Morgan fingerprint density at radius 1 is 1.10 bits per heavy atom. The molecule has 5 nitrogen and oxygen atoms in total. The summed E-state index contributed by atoms with van der Waals surface area (Å²) in [6.07, 6.45) is 2.10. The molecular formula is C14H13FN2O3. The number of carbonyl (C=O) groups excluding carboxylic acids is 2. The summed E-state index contributed by atoms with van der Waals surface area (Å²) in [5.41, 5.74) is 4.26. The molecule has 0 radical (unpaired) electrons. The highest BCUT2D eigenvalue weighted by molar-refractivity contribution is 5.95. The largest absolute Gasteiger partial charge is 0.469 e. The van der Waals surface area contributed by atoms with Gasteiger partial charge in [-0.05, 0) is 24.3 Å². The van der Waals surface area contributed by atoms with E-state index in [9.17, 15) is 14.0 Å². The van der Waals surface area contributed by atoms with Crippen LogP contribution in [0.15, 0.2) is 47.1 Å². The summed E-state index contributed by atoms with van der Waals surface area (Å²) in [5.74, 6) is -1.05. The molecule has 0 saturated carbocycles. The zero-order valence-corrected chi connectivity index (χ0v) is 10.6. The van der Waals surface area contributed by atoms with Crippen LogP contribution in [0.3, 0.4) is 0 Å². The third-order valence-electron chi connectivity index (χ3n) is 2.61. The molecule has 20 heavy (non-hydrogen) atoms. The Hall–Kier alpha value is -2.63. The second kappa shape index (κ2) is 6.51. The summed E-state index contributed by atoms with van der Waals surface area (Å²) >= 11 is 0. The van der Waals surface area contributed by atoms with Crippen molar-refractivity contribution in [2.75, 3.05) is 0 Å². The summed E-state index contributed by atoms with van der Waals surface area (Å²) in [6.45, 7) is 0. The van der Waals surface area contributed by atoms with Gasteiger partial charge >= 0.3 is 0 Å². The van der Waals surface area contributed by atoms with Crippen LogP contribution in [0.1, 0.15) is 22.5 Å². The van der Waals surface area contributed by atoms with E-state index in [4.69, 9.17) is 4.42 Å². The lowest BCUT2D eigenvalue weighted by molar-refractivity contribution is -0.121. The number of hydrogen-bond acceptors (Lipinski definition) is 3. The lowest BCUT2D eigenvalue weighted by Gasteiger charge is -2.07. The Bertz CT molecular complexity index is 596. The lowest BCUT2D eigenvalue weighted by Crippen LogP contribution is -2.42. The molecule has 0 unspecified atom stereocenters. The van der Waals surface area contributed by atoms with Crippen LogP contribution in [0, 0.1) is 5.82 Å². The molecule has 1 aromatic heterocycles. The molecule has 2 aromatic rings. The fourth-order valence-corrected chi connectivity index (χ4v) is 1.59. The maximum absolute atomic E-state index is 13.3. The summed E-state index contributed by atoms with van der Waals surface area (Å²) in [5, 5.41) is 0. The summed E-state index contributed by atoms with van der Waals surface area (Å²) < 4.78 is 18.4. The molecule has 0 fully saturated rings. The van der Waals surface area contributed by atoms with Gasteiger partial charge in [0.25, 0.3) is 5.91 Å². The average molecular weight is 276 g/mol. The van der Waals surface area contributed by atoms with Gasteiger partial charge in [-0.15, -0.1) is 0 Å². The fourth-order valence-electron chi connectivity index (χ4n) is 1.59. The quantitative estimate of drug-likeness (QED) is 0.837. The first-order valence-electron chi connectivity index (χ1n) is 6.03. The molecule has 0 aliphatic heterocycles. The van der Waals surface area contributed by atoms with E-state index >= 15 is 0 Å². The van der Waals surface area contributed by atoms with E-state index in [0.717, 1.165) is 0 Å². The van der Waals surface area contributed by atoms with E-state index in [1.165, 1.54) is 30.5 Å². The highest BCUT2D eigenvalue weighted by Gasteiger charge is 2.11. The van der Waals surface area contributed by atoms with Crippen LogP contribution >= 0.6 is 0 Å². The van der Waals surface area contributed by atoms with Crippen molar-refractivity contribution in [3.05, 3.63) is 59.8 Å². The molecule has 1 aromatic carbocycles. The molecule has 1 heterocycles. The minimum absolute atomic E-state index is 0.126. The molecule has 0 aliphatic carbocycles. The average Bonchev–Trinajstić information content (AvgIpc) is 2.96. The van der Waals surface area contributed by atoms with Gasteiger partial charge in [0.15, 0.2) is 0 Å². The Balaban J connectivity index is 1.78. The van der Waals surface area contributed by atoms with Crippen molar-refractivity contribution in [2.45, 2.75) is 12.8 Å². The van der Waals surface area contributed by atoms with E-state index < -0.39 is 11.7 Å². The van der Waals surface area contributed by atoms with E-state index in [1.54, 1.807) is 12.1 Å². The third-order valence-corrected chi connectivity index (χ3v) is 2.61. The molecule has 0 saturated heterocycles. The topological polar surface area (TPSA) is 71.3 Å². The van der Waals surface area contributed by atoms with Gasteiger partial charge in [-0.2, -0.15) is 0 Å². The number of hydrazine groups is 1. The number of rotatable bonds is 4. The Labute approximate surface area is 114 Å². The number of carbonyl (C=O) groups is 2. The minimum Gasteiger partial charge on any atom is -0.469 e. The molecule has 2 N–H and O–H groups in total. The summed E-state index contributed by atoms with van der Waals surface area (Å²) in [4.78, 5) is 23.1. The van der Waals surface area contributed by atoms with Crippen LogP contribution in [-0.2, 0) is 11.2 Å². The van der Waals surface area contributed by atoms with E-state index in [2.05, 4.69) is 10.9 Å². The second-order valence-corrected chi connectivity index (χ2v) is 4.06. The van der Waals surface area contributed by atoms with Gasteiger partial charge in [-0.25, -0.2) is 4.39 Å². The van der Waals surface area contributed by atoms with E-state index in [0.29, 0.717) is 12.2 Å². The van der Waals surface area contributed by atoms with Gasteiger partial charge in [0.05, 0.1) is 11.8 Å². The summed E-state index contributed by atoms with van der Waals surface area (Å²) in [6, 6.07) is 9.01. The number of benzene rings is 1. The number of aryl methyl sites for hydroxylation is 1. The molecule has 0 atom stereocenters. The van der Waals surface area contributed by atoms with Gasteiger partial charge in [-0.1, -0.05) is 12.1 Å². The number of nitrogens with one attached hydrogen (secondary N) is 2. The van der Waals surface area contributed by atoms with Crippen molar-refractivity contribution in [3.63, 3.8) is 0 Å². The standard InChI is InChI=1S/C14H13FN2O3/c15-12-6-2-1-5-11(12)14(19)17-16-13(18)8-7-10-4-3-9-20-10/h1-6,9H,7-8H2,(H,16,18)(H,17,19). The minimum atomic E-state index is -0.700. The Kier molecular flexibility index (Phi) is 4.49. The number of amides is 2. The molecule has 0 spiro atoms. The fraction of sp³-hybridized carbons (Fsp3) is 0.143. The van der Waals surface area contributed by atoms with Crippen LogP contribution in [0.25, 0.3) is 0 Å². The van der Waals surface area contributed by atoms with Gasteiger partial charge in [-0.3, -0.25) is 20.4 Å². The Morgan fingerprint density at radius 2 is 1.90 bits per heavy atom. The molecule has 2 rings (SSSR count). The van der Waals surface area contributed by atoms with Crippen molar-refractivity contribution in [2.24, 2.45) is 0 Å². The van der Waals surface area contributed by atoms with Gasteiger partial charge in [0.2, 0.25) is 5.91 Å². The van der Waals surface area contributed by atoms with E-state index in [1.807, 2.05) is 0 Å². The van der Waals surface area contributed by atoms with Gasteiger partial charge in [0, 0.05) is 12.8 Å². The monoisotopic (exact) mass is 276 g/mol. The van der Waals surface area contributed by atoms with Gasteiger partial charge < -0.3 is 4.42 Å². The molecule has 0 bridgehead atoms. The number of hydrogen-bond donors (Lipinski definition) is 2. The highest BCUT2D eigenvalue weighted by atomic mass is 19.1. The van der Waals surface area contributed by atoms with Crippen molar-refractivity contribution in [1.82, 2.24) is 10.9 Å². The number of furan rings is 1. The van der Waals surface area contributed by atoms with Crippen LogP contribution in [0.5, 0.6) is 0 Å². The molecule has 2 amide bonds. The predicted octanol–water partition coefficient (Wildman–Crippen LogP) is 1.81. The molecular weight excluding hydrogens is 263 g/mol. The third kappa shape index (κ3) is 3.68. The predicted molar refractivity (Wildman–Crippen MR) is 69.0 cm³/mol. The maximum atomic E-state index is 13.3. The van der Waals surface area contributed by atoms with Crippen molar-refractivity contribution in [3.8, 4) is 0 Å². The zero-order valence-electron chi connectivity index (χ0n) is 10.6. The smallest absolute Gasteiger partial charge is 0.272 e. The first-order chi connectivity index (χ1) is 9.66. The number of halogens is 1. The summed E-state index contributed by atoms with van der Waals surface area (Å²) in [7, 11) is 0. The molecule has 0 aliphatic rings. The van der Waals surface area contributed by atoms with Crippen molar-refractivity contribution in [1.29, 1.82) is 0 Å². The van der Waals surface area contributed by atoms with Crippen LogP contribution in [0.2, 0.25) is 0 Å².